The highest BCUT2D eigenvalue weighted by molar-refractivity contribution is 5.94. The number of ether oxygens (including phenoxy) is 1. The van der Waals surface area contributed by atoms with Gasteiger partial charge in [-0.1, -0.05) is 0 Å². The predicted molar refractivity (Wildman–Crippen MR) is 81.9 cm³/mol. The van der Waals surface area contributed by atoms with Gasteiger partial charge in [0.2, 0.25) is 0 Å². The zero-order chi connectivity index (χ0) is 16.4. The van der Waals surface area contributed by atoms with Crippen molar-refractivity contribution in [1.82, 2.24) is 30.0 Å². The van der Waals surface area contributed by atoms with Crippen LogP contribution in [0.15, 0.2) is 12.5 Å². The second-order valence-corrected chi connectivity index (χ2v) is 5.78. The molecule has 0 bridgehead atoms. The van der Waals surface area contributed by atoms with Crippen molar-refractivity contribution in [2.24, 2.45) is 0 Å². The van der Waals surface area contributed by atoms with Crippen molar-refractivity contribution < 1.29 is 9.53 Å². The number of carbonyl (C=O) groups is 1. The van der Waals surface area contributed by atoms with Gasteiger partial charge in [0.1, 0.15) is 18.0 Å². The first-order chi connectivity index (χ1) is 11.1. The van der Waals surface area contributed by atoms with Gasteiger partial charge in [0, 0.05) is 32.3 Å². The molecule has 2 aromatic heterocycles. The third-order valence-electron chi connectivity index (χ3n) is 4.13. The topological polar surface area (TPSA) is 96.9 Å². The van der Waals surface area contributed by atoms with E-state index >= 15 is 0 Å². The quantitative estimate of drug-likeness (QED) is 0.898. The third kappa shape index (κ3) is 3.21. The molecule has 0 aromatic carbocycles. The lowest BCUT2D eigenvalue weighted by Gasteiger charge is -2.24. The summed E-state index contributed by atoms with van der Waals surface area (Å²) >= 11 is 0. The van der Waals surface area contributed by atoms with E-state index in [4.69, 9.17) is 4.74 Å². The molecule has 0 saturated carbocycles. The summed E-state index contributed by atoms with van der Waals surface area (Å²) in [6, 6.07) is 0. The number of hydrogen-bond acceptors (Lipinski definition) is 6. The Morgan fingerprint density at radius 2 is 2.26 bits per heavy atom. The van der Waals surface area contributed by atoms with Crippen LogP contribution in [-0.2, 0) is 4.74 Å². The van der Waals surface area contributed by atoms with Gasteiger partial charge in [-0.25, -0.2) is 15.0 Å². The summed E-state index contributed by atoms with van der Waals surface area (Å²) in [7, 11) is 1.76. The van der Waals surface area contributed by atoms with Crippen LogP contribution in [0.25, 0.3) is 0 Å². The van der Waals surface area contributed by atoms with Crippen molar-refractivity contribution in [1.29, 1.82) is 0 Å². The molecule has 0 spiro atoms. The average molecular weight is 316 g/mol. The zero-order valence-electron chi connectivity index (χ0n) is 13.5. The number of H-pyrrole nitrogens is 1. The highest BCUT2D eigenvalue weighted by Gasteiger charge is 2.33. The molecule has 0 aliphatic carbocycles. The van der Waals surface area contributed by atoms with Crippen LogP contribution < -0.4 is 0 Å². The van der Waals surface area contributed by atoms with E-state index in [1.807, 2.05) is 6.92 Å². The SMILES string of the molecule is Cc1ncc(C(=O)N(C)C[C@H]2OCC[C@H]2c2ncn[nH]2)c(C)n1. The molecule has 1 aliphatic heterocycles. The largest absolute Gasteiger partial charge is 0.376 e. The average Bonchev–Trinajstić information content (AvgIpc) is 3.17. The summed E-state index contributed by atoms with van der Waals surface area (Å²) in [5.74, 6) is 1.49. The van der Waals surface area contributed by atoms with E-state index in [1.165, 1.54) is 6.33 Å². The third-order valence-corrected chi connectivity index (χ3v) is 4.13. The van der Waals surface area contributed by atoms with Gasteiger partial charge in [0.15, 0.2) is 0 Å². The first kappa shape index (κ1) is 15.5. The Hall–Kier alpha value is -2.35. The number of rotatable bonds is 4. The van der Waals surface area contributed by atoms with Crippen molar-refractivity contribution in [3.8, 4) is 0 Å². The molecular weight excluding hydrogens is 296 g/mol. The second-order valence-electron chi connectivity index (χ2n) is 5.78. The summed E-state index contributed by atoms with van der Waals surface area (Å²) in [5, 5.41) is 6.79. The van der Waals surface area contributed by atoms with Gasteiger partial charge in [-0.3, -0.25) is 9.89 Å². The standard InChI is InChI=1S/C15H20N6O2/c1-9-12(6-16-10(2)19-9)15(22)21(3)7-13-11(4-5-23-13)14-17-8-18-20-14/h6,8,11,13H,4-5,7H2,1-3H3,(H,17,18,20)/t11-,13-/m1/s1. The van der Waals surface area contributed by atoms with Crippen LogP contribution in [0.5, 0.6) is 0 Å². The normalized spacial score (nSPS) is 20.7. The minimum atomic E-state index is -0.102. The Kier molecular flexibility index (Phi) is 4.33. The van der Waals surface area contributed by atoms with Crippen molar-refractivity contribution in [3.05, 3.63) is 35.4 Å². The summed E-state index contributed by atoms with van der Waals surface area (Å²) in [6.07, 6.45) is 3.85. The maximum Gasteiger partial charge on any atom is 0.257 e. The Morgan fingerprint density at radius 3 is 2.96 bits per heavy atom. The molecule has 8 nitrogen and oxygen atoms in total. The zero-order valence-corrected chi connectivity index (χ0v) is 13.5. The lowest BCUT2D eigenvalue weighted by molar-refractivity contribution is 0.0549. The van der Waals surface area contributed by atoms with E-state index in [-0.39, 0.29) is 17.9 Å². The minimum Gasteiger partial charge on any atom is -0.376 e. The van der Waals surface area contributed by atoms with Gasteiger partial charge in [-0.2, -0.15) is 5.10 Å². The number of aromatic amines is 1. The van der Waals surface area contributed by atoms with E-state index in [2.05, 4.69) is 25.1 Å². The van der Waals surface area contributed by atoms with Crippen molar-refractivity contribution in [3.63, 3.8) is 0 Å². The van der Waals surface area contributed by atoms with E-state index in [0.717, 1.165) is 12.2 Å². The van der Waals surface area contributed by atoms with E-state index < -0.39 is 0 Å². The fraction of sp³-hybridized carbons (Fsp3) is 0.533. The molecule has 2 atom stereocenters. The van der Waals surface area contributed by atoms with Gasteiger partial charge < -0.3 is 9.64 Å². The second kappa shape index (κ2) is 6.41. The molecule has 8 heteroatoms. The number of nitrogens with zero attached hydrogens (tertiary/aromatic N) is 5. The number of amides is 1. The fourth-order valence-electron chi connectivity index (χ4n) is 2.89. The summed E-state index contributed by atoms with van der Waals surface area (Å²) in [4.78, 5) is 26.8. The Balaban J connectivity index is 1.70. The number of aryl methyl sites for hydroxylation is 2. The van der Waals surface area contributed by atoms with Crippen molar-refractivity contribution in [2.45, 2.75) is 32.3 Å². The summed E-state index contributed by atoms with van der Waals surface area (Å²) in [5.41, 5.74) is 1.21. The molecule has 1 aliphatic rings. The molecular formula is C15H20N6O2. The molecule has 3 heterocycles. The molecule has 23 heavy (non-hydrogen) atoms. The van der Waals surface area contributed by atoms with E-state index in [0.29, 0.717) is 30.2 Å². The van der Waals surface area contributed by atoms with Crippen LogP contribution in [0.2, 0.25) is 0 Å². The molecule has 1 fully saturated rings. The van der Waals surface area contributed by atoms with E-state index in [9.17, 15) is 4.79 Å². The maximum atomic E-state index is 12.6. The van der Waals surface area contributed by atoms with Gasteiger partial charge in [-0.15, -0.1) is 0 Å². The number of hydrogen-bond donors (Lipinski definition) is 1. The van der Waals surface area contributed by atoms with Gasteiger partial charge >= 0.3 is 0 Å². The van der Waals surface area contributed by atoms with Crippen LogP contribution >= 0.6 is 0 Å². The summed E-state index contributed by atoms with van der Waals surface area (Å²) < 4.78 is 5.78. The lowest BCUT2D eigenvalue weighted by atomic mass is 10.0. The first-order valence-corrected chi connectivity index (χ1v) is 7.59. The molecule has 0 unspecified atom stereocenters. The fourth-order valence-corrected chi connectivity index (χ4v) is 2.89. The van der Waals surface area contributed by atoms with E-state index in [1.54, 1.807) is 25.1 Å². The molecule has 3 rings (SSSR count). The highest BCUT2D eigenvalue weighted by atomic mass is 16.5. The number of carbonyl (C=O) groups excluding carboxylic acids is 1. The highest BCUT2D eigenvalue weighted by Crippen LogP contribution is 2.29. The first-order valence-electron chi connectivity index (χ1n) is 7.59. The van der Waals surface area contributed by atoms with Crippen LogP contribution in [0.3, 0.4) is 0 Å². The molecule has 1 amide bonds. The van der Waals surface area contributed by atoms with Crippen LogP contribution in [0.1, 0.15) is 40.0 Å². The number of nitrogens with one attached hydrogen (secondary N) is 1. The Bertz CT molecular complexity index is 687. The molecule has 0 radical (unpaired) electrons. The van der Waals surface area contributed by atoms with Gasteiger partial charge in [-0.05, 0) is 20.3 Å². The van der Waals surface area contributed by atoms with Crippen molar-refractivity contribution >= 4 is 5.91 Å². The summed E-state index contributed by atoms with van der Waals surface area (Å²) in [6.45, 7) is 4.76. The molecule has 1 N–H and O–H groups in total. The molecule has 2 aromatic rings. The maximum absolute atomic E-state index is 12.6. The van der Waals surface area contributed by atoms with Crippen LogP contribution in [0.4, 0.5) is 0 Å². The van der Waals surface area contributed by atoms with Gasteiger partial charge in [0.25, 0.3) is 5.91 Å². The molecule has 122 valence electrons. The Labute approximate surface area is 134 Å². The van der Waals surface area contributed by atoms with Crippen molar-refractivity contribution in [2.75, 3.05) is 20.2 Å². The van der Waals surface area contributed by atoms with Crippen LogP contribution in [0, 0.1) is 13.8 Å². The molecule has 1 saturated heterocycles. The number of likely N-dealkylation sites (N-methyl/N-ethyl adjacent to an activating group) is 1. The smallest absolute Gasteiger partial charge is 0.257 e. The monoisotopic (exact) mass is 316 g/mol. The predicted octanol–water partition coefficient (Wildman–Crippen LogP) is 0.856. The van der Waals surface area contributed by atoms with Gasteiger partial charge in [0.05, 0.1) is 17.4 Å². The number of aromatic nitrogens is 5. The Morgan fingerprint density at radius 1 is 1.43 bits per heavy atom. The van der Waals surface area contributed by atoms with Crippen LogP contribution in [-0.4, -0.2) is 62.3 Å². The minimum absolute atomic E-state index is 0.0939. The lowest BCUT2D eigenvalue weighted by Crippen LogP contribution is -2.37.